The molecule has 0 heterocycles. The predicted molar refractivity (Wildman–Crippen MR) is 233 cm³/mol. The van der Waals surface area contributed by atoms with Crippen LogP contribution in [0.25, 0.3) is 0 Å². The molecule has 0 aromatic carbocycles. The summed E-state index contributed by atoms with van der Waals surface area (Å²) in [7, 11) is 0. The maximum Gasteiger partial charge on any atom is 0.309 e. The van der Waals surface area contributed by atoms with E-state index >= 15 is 0 Å². The van der Waals surface area contributed by atoms with Crippen molar-refractivity contribution in [3.05, 3.63) is 0 Å². The lowest BCUT2D eigenvalue weighted by Gasteiger charge is -2.59. The molecule has 17 unspecified atom stereocenters. The maximum atomic E-state index is 15.0. The van der Waals surface area contributed by atoms with Gasteiger partial charge in [0.1, 0.15) is 11.2 Å². The van der Waals surface area contributed by atoms with Crippen molar-refractivity contribution in [1.29, 1.82) is 0 Å². The molecule has 0 aliphatic heterocycles. The number of ether oxygens (including phenoxy) is 2. The molecule has 14 fully saturated rings. The third kappa shape index (κ3) is 5.82. The lowest BCUT2D eigenvalue weighted by molar-refractivity contribution is -0.224. The van der Waals surface area contributed by atoms with Gasteiger partial charge < -0.3 is 14.6 Å². The van der Waals surface area contributed by atoms with Gasteiger partial charge >= 0.3 is 11.9 Å². The summed E-state index contributed by atoms with van der Waals surface area (Å²) in [5.74, 6) is 12.6. The van der Waals surface area contributed by atoms with Crippen LogP contribution in [0, 0.1) is 135 Å². The van der Waals surface area contributed by atoms with Crippen molar-refractivity contribution in [2.75, 3.05) is 5.75 Å². The third-order valence-corrected chi connectivity index (χ3v) is 23.0. The van der Waals surface area contributed by atoms with E-state index in [9.17, 15) is 14.7 Å². The summed E-state index contributed by atoms with van der Waals surface area (Å²) in [6.07, 6.45) is 19.1. The first kappa shape index (κ1) is 39.8. The number of esters is 2. The first-order chi connectivity index (χ1) is 27.8. The Bertz CT molecular complexity index is 1700. The van der Waals surface area contributed by atoms with Crippen molar-refractivity contribution in [3.63, 3.8) is 0 Å². The van der Waals surface area contributed by atoms with Gasteiger partial charge in [-0.2, -0.15) is 12.6 Å². The summed E-state index contributed by atoms with van der Waals surface area (Å²) in [5.41, 5.74) is -0.983. The zero-order chi connectivity index (χ0) is 40.9. The second-order valence-electron chi connectivity index (χ2n) is 27.6. The summed E-state index contributed by atoms with van der Waals surface area (Å²) in [6, 6.07) is 0. The van der Waals surface area contributed by atoms with Crippen LogP contribution in [-0.2, 0) is 19.1 Å². The smallest absolute Gasteiger partial charge is 0.309 e. The summed E-state index contributed by atoms with van der Waals surface area (Å²) in [4.78, 5) is 30.0. The van der Waals surface area contributed by atoms with Gasteiger partial charge in [-0.3, -0.25) is 9.59 Å². The van der Waals surface area contributed by atoms with E-state index in [1.54, 1.807) is 0 Å². The van der Waals surface area contributed by atoms with Crippen LogP contribution < -0.4 is 0 Å². The van der Waals surface area contributed by atoms with Crippen LogP contribution >= 0.6 is 12.6 Å². The molecule has 0 radical (unpaired) electrons. The quantitative estimate of drug-likeness (QED) is 0.198. The fourth-order valence-corrected chi connectivity index (χ4v) is 22.4. The Kier molecular flexibility index (Phi) is 8.74. The highest BCUT2D eigenvalue weighted by Crippen LogP contribution is 2.75. The zero-order valence-electron chi connectivity index (χ0n) is 37.9. The van der Waals surface area contributed by atoms with E-state index in [2.05, 4.69) is 48.5 Å². The van der Waals surface area contributed by atoms with E-state index in [-0.39, 0.29) is 40.2 Å². The first-order valence-corrected chi connectivity index (χ1v) is 26.3. The van der Waals surface area contributed by atoms with Crippen LogP contribution in [0.4, 0.5) is 0 Å². The number of carbonyl (C=O) groups is 2. The Morgan fingerprint density at radius 2 is 1.10 bits per heavy atom. The molecule has 328 valence electrons. The SMILES string of the molecule is CC(C)(C)C1C2CC(C(=O)OC3(C)C4CC5CC(C4)CC3C5)C(C2)C1C1C2CC(C(=O)OC34CC5CC(CC(O)(C5)C3)C4)C(C2)C1C1C2CC(CS)C(C2)C1C(C)(C)C. The molecule has 6 heteroatoms. The van der Waals surface area contributed by atoms with Gasteiger partial charge in [-0.25, -0.2) is 0 Å². The van der Waals surface area contributed by atoms with Gasteiger partial charge in [-0.1, -0.05) is 41.5 Å². The highest BCUT2D eigenvalue weighted by Gasteiger charge is 2.71. The molecule has 5 nitrogen and oxygen atoms in total. The van der Waals surface area contributed by atoms with Crippen LogP contribution in [0.2, 0.25) is 0 Å². The van der Waals surface area contributed by atoms with Crippen molar-refractivity contribution in [2.24, 2.45) is 135 Å². The summed E-state index contributed by atoms with van der Waals surface area (Å²) < 4.78 is 14.0. The van der Waals surface area contributed by atoms with E-state index in [0.717, 1.165) is 62.0 Å². The van der Waals surface area contributed by atoms with Crippen LogP contribution in [0.1, 0.15) is 158 Å². The maximum absolute atomic E-state index is 15.0. The van der Waals surface area contributed by atoms with E-state index in [1.807, 2.05) is 0 Å². The van der Waals surface area contributed by atoms with E-state index in [4.69, 9.17) is 22.1 Å². The van der Waals surface area contributed by atoms with E-state index in [1.165, 1.54) is 64.2 Å². The molecule has 14 bridgehead atoms. The molecule has 17 atom stereocenters. The highest BCUT2D eigenvalue weighted by atomic mass is 32.1. The molecule has 0 aromatic heterocycles. The number of aliphatic hydroxyl groups is 1. The van der Waals surface area contributed by atoms with Crippen molar-refractivity contribution >= 4 is 24.6 Å². The lowest BCUT2D eigenvalue weighted by Crippen LogP contribution is -2.61. The number of fused-ring (bicyclic) bond motifs is 6. The minimum absolute atomic E-state index is 0.0198. The standard InChI is InChI=1S/C53H80O5S/c1-49(2,3)45-32-18-38(40(19-32)47(54)57-51(7)34-10-26-8-27(12-34)13-35(51)11-26)44(45)41-31-16-37(43(41)42-30-14-33(24-59)36(15-30)46(42)50(4,5)6)39(17-31)48(55)58-53-22-28-9-29(23-53)21-52(56,20-28)25-53/h26-46,56,59H,8-25H2,1-7H3. The zero-order valence-corrected chi connectivity index (χ0v) is 38.8. The minimum atomic E-state index is -0.631. The first-order valence-electron chi connectivity index (χ1n) is 25.6. The molecule has 0 saturated heterocycles. The van der Waals surface area contributed by atoms with Crippen molar-refractivity contribution < 1.29 is 24.2 Å². The van der Waals surface area contributed by atoms with Gasteiger partial charge in [0, 0.05) is 6.42 Å². The van der Waals surface area contributed by atoms with Gasteiger partial charge in [0.25, 0.3) is 0 Å². The molecule has 14 saturated carbocycles. The van der Waals surface area contributed by atoms with Crippen molar-refractivity contribution in [2.45, 2.75) is 174 Å². The molecule has 0 spiro atoms. The average Bonchev–Trinajstić information content (AvgIpc) is 3.98. The monoisotopic (exact) mass is 829 g/mol. The van der Waals surface area contributed by atoms with Crippen LogP contribution in [-0.4, -0.2) is 39.6 Å². The Morgan fingerprint density at radius 1 is 0.576 bits per heavy atom. The van der Waals surface area contributed by atoms with Gasteiger partial charge in [0.2, 0.25) is 0 Å². The fourth-order valence-electron chi connectivity index (χ4n) is 22.0. The predicted octanol–water partition coefficient (Wildman–Crippen LogP) is 11.1. The molecular formula is C53H80O5S. The second kappa shape index (κ2) is 13.0. The van der Waals surface area contributed by atoms with Crippen molar-refractivity contribution in [3.8, 4) is 0 Å². The molecule has 14 aliphatic carbocycles. The fraction of sp³-hybridized carbons (Fsp3) is 0.962. The Morgan fingerprint density at radius 3 is 1.69 bits per heavy atom. The summed E-state index contributed by atoms with van der Waals surface area (Å²) in [6.45, 7) is 17.5. The molecule has 59 heavy (non-hydrogen) atoms. The Hall–Kier alpha value is -0.750. The highest BCUT2D eigenvalue weighted by molar-refractivity contribution is 7.80. The van der Waals surface area contributed by atoms with Gasteiger partial charge in [0.05, 0.1) is 17.4 Å². The summed E-state index contributed by atoms with van der Waals surface area (Å²) in [5, 5.41) is 11.6. The lowest BCUT2D eigenvalue weighted by atomic mass is 9.50. The molecule has 0 amide bonds. The molecule has 14 aliphatic rings. The molecule has 1 N–H and O–H groups in total. The van der Waals surface area contributed by atoms with Gasteiger partial charge in [-0.15, -0.1) is 0 Å². The van der Waals surface area contributed by atoms with Gasteiger partial charge in [-0.05, 0) is 239 Å². The Labute approximate surface area is 362 Å². The molecule has 14 rings (SSSR count). The molecular weight excluding hydrogens is 749 g/mol. The van der Waals surface area contributed by atoms with E-state index in [0.29, 0.717) is 101 Å². The number of hydrogen-bond donors (Lipinski definition) is 2. The minimum Gasteiger partial charge on any atom is -0.459 e. The Balaban J connectivity index is 0.882. The van der Waals surface area contributed by atoms with Gasteiger partial charge in [0.15, 0.2) is 0 Å². The summed E-state index contributed by atoms with van der Waals surface area (Å²) >= 11 is 4.96. The number of rotatable bonds is 7. The second-order valence-corrected chi connectivity index (χ2v) is 28.0. The largest absolute Gasteiger partial charge is 0.459 e. The van der Waals surface area contributed by atoms with E-state index < -0.39 is 11.2 Å². The van der Waals surface area contributed by atoms with Crippen LogP contribution in [0.5, 0.6) is 0 Å². The molecule has 0 aromatic rings. The third-order valence-electron chi connectivity index (χ3n) is 22.5. The van der Waals surface area contributed by atoms with Crippen molar-refractivity contribution in [1.82, 2.24) is 0 Å². The normalized spacial score (nSPS) is 58.4. The average molecular weight is 829 g/mol. The number of hydrogen-bond acceptors (Lipinski definition) is 6. The number of thiol groups is 1. The number of carbonyl (C=O) groups excluding carboxylic acids is 2. The topological polar surface area (TPSA) is 72.8 Å². The van der Waals surface area contributed by atoms with Crippen LogP contribution in [0.15, 0.2) is 0 Å². The van der Waals surface area contributed by atoms with Crippen LogP contribution in [0.3, 0.4) is 0 Å².